The van der Waals surface area contributed by atoms with Gasteiger partial charge >= 0.3 is 0 Å². The van der Waals surface area contributed by atoms with E-state index in [1.165, 1.54) is 6.07 Å². The Morgan fingerprint density at radius 2 is 1.67 bits per heavy atom. The highest BCUT2D eigenvalue weighted by Gasteiger charge is 2.14. The highest BCUT2D eigenvalue weighted by Crippen LogP contribution is 2.35. The number of fused-ring (bicyclic) bond motifs is 1. The zero-order valence-corrected chi connectivity index (χ0v) is 11.7. The van der Waals surface area contributed by atoms with Crippen LogP contribution in [0.25, 0.3) is 10.8 Å². The van der Waals surface area contributed by atoms with E-state index in [1.807, 2.05) is 49.4 Å². The molecule has 0 fully saturated rings. The van der Waals surface area contributed by atoms with Crippen molar-refractivity contribution in [1.82, 2.24) is 0 Å². The first kappa shape index (κ1) is 13.6. The van der Waals surface area contributed by atoms with Crippen molar-refractivity contribution < 1.29 is 9.13 Å². The Bertz CT molecular complexity index is 778. The molecule has 21 heavy (non-hydrogen) atoms. The molecule has 0 aliphatic heterocycles. The molecule has 3 aromatic rings. The van der Waals surface area contributed by atoms with Crippen molar-refractivity contribution in [3.05, 3.63) is 72.0 Å². The van der Waals surface area contributed by atoms with Crippen LogP contribution < -0.4 is 10.5 Å². The lowest BCUT2D eigenvalue weighted by Crippen LogP contribution is -2.07. The van der Waals surface area contributed by atoms with Crippen molar-refractivity contribution in [2.75, 3.05) is 0 Å². The lowest BCUT2D eigenvalue weighted by molar-refractivity contribution is 0.436. The van der Waals surface area contributed by atoms with Gasteiger partial charge in [0.15, 0.2) is 11.6 Å². The van der Waals surface area contributed by atoms with E-state index in [9.17, 15) is 4.39 Å². The Labute approximate surface area is 123 Å². The minimum absolute atomic E-state index is 0.198. The summed E-state index contributed by atoms with van der Waals surface area (Å²) in [6.07, 6.45) is 0. The SMILES string of the molecule is C[C@H](N)c1cccc(F)c1Oc1cccc2ccccc12. The van der Waals surface area contributed by atoms with E-state index in [1.54, 1.807) is 12.1 Å². The molecule has 3 rings (SSSR count). The maximum atomic E-state index is 14.1. The summed E-state index contributed by atoms with van der Waals surface area (Å²) in [7, 11) is 0. The van der Waals surface area contributed by atoms with Crippen molar-refractivity contribution in [2.45, 2.75) is 13.0 Å². The van der Waals surface area contributed by atoms with Crippen molar-refractivity contribution in [3.63, 3.8) is 0 Å². The quantitative estimate of drug-likeness (QED) is 0.749. The van der Waals surface area contributed by atoms with Crippen LogP contribution in [0.1, 0.15) is 18.5 Å². The summed E-state index contributed by atoms with van der Waals surface area (Å²) in [5, 5.41) is 1.99. The predicted octanol–water partition coefficient (Wildman–Crippen LogP) is 4.79. The molecule has 2 N–H and O–H groups in total. The largest absolute Gasteiger partial charge is 0.453 e. The van der Waals surface area contributed by atoms with Gasteiger partial charge in [-0.15, -0.1) is 0 Å². The molecule has 2 nitrogen and oxygen atoms in total. The van der Waals surface area contributed by atoms with Crippen LogP contribution in [0.3, 0.4) is 0 Å². The molecular formula is C18H16FNO. The summed E-state index contributed by atoms with van der Waals surface area (Å²) in [4.78, 5) is 0. The number of ether oxygens (including phenoxy) is 1. The number of halogens is 1. The molecule has 0 radical (unpaired) electrons. The average Bonchev–Trinajstić information content (AvgIpc) is 2.49. The van der Waals surface area contributed by atoms with E-state index in [2.05, 4.69) is 0 Å². The Morgan fingerprint density at radius 3 is 2.48 bits per heavy atom. The Kier molecular flexibility index (Phi) is 3.59. The third-order valence-electron chi connectivity index (χ3n) is 3.45. The minimum atomic E-state index is -0.405. The van der Waals surface area contributed by atoms with E-state index in [-0.39, 0.29) is 11.8 Å². The molecular weight excluding hydrogens is 265 g/mol. The maximum absolute atomic E-state index is 14.1. The molecule has 0 aromatic heterocycles. The van der Waals surface area contributed by atoms with Gasteiger partial charge in [-0.2, -0.15) is 0 Å². The fraction of sp³-hybridized carbons (Fsp3) is 0.111. The van der Waals surface area contributed by atoms with E-state index in [0.29, 0.717) is 11.3 Å². The molecule has 0 spiro atoms. The molecule has 0 aliphatic carbocycles. The Hall–Kier alpha value is -2.39. The summed E-state index contributed by atoms with van der Waals surface area (Å²) in [5.41, 5.74) is 6.56. The first-order valence-corrected chi connectivity index (χ1v) is 6.86. The zero-order chi connectivity index (χ0) is 14.8. The van der Waals surface area contributed by atoms with Crippen LogP contribution in [0.5, 0.6) is 11.5 Å². The molecule has 0 amide bonds. The maximum Gasteiger partial charge on any atom is 0.167 e. The number of hydrogen-bond acceptors (Lipinski definition) is 2. The van der Waals surface area contributed by atoms with Crippen molar-refractivity contribution >= 4 is 10.8 Å². The third-order valence-corrected chi connectivity index (χ3v) is 3.45. The second-order valence-electron chi connectivity index (χ2n) is 5.03. The number of rotatable bonds is 3. The average molecular weight is 281 g/mol. The molecule has 106 valence electrons. The number of benzene rings is 3. The fourth-order valence-corrected chi connectivity index (χ4v) is 2.39. The van der Waals surface area contributed by atoms with Gasteiger partial charge in [0.25, 0.3) is 0 Å². The third kappa shape index (κ3) is 2.60. The second-order valence-corrected chi connectivity index (χ2v) is 5.03. The van der Waals surface area contributed by atoms with Crippen LogP contribution >= 0.6 is 0 Å². The fourth-order valence-electron chi connectivity index (χ4n) is 2.39. The summed E-state index contributed by atoms with van der Waals surface area (Å²) in [6.45, 7) is 1.81. The molecule has 0 heterocycles. The van der Waals surface area contributed by atoms with Crippen molar-refractivity contribution in [3.8, 4) is 11.5 Å². The summed E-state index contributed by atoms with van der Waals surface area (Å²) in [5.74, 6) is 0.418. The molecule has 0 saturated heterocycles. The van der Waals surface area contributed by atoms with Crippen molar-refractivity contribution in [2.24, 2.45) is 5.73 Å². The highest BCUT2D eigenvalue weighted by molar-refractivity contribution is 5.88. The normalized spacial score (nSPS) is 12.3. The monoisotopic (exact) mass is 281 g/mol. The predicted molar refractivity (Wildman–Crippen MR) is 83.0 cm³/mol. The molecule has 0 aliphatic rings. The number of para-hydroxylation sites is 1. The van der Waals surface area contributed by atoms with Crippen LogP contribution in [-0.2, 0) is 0 Å². The summed E-state index contributed by atoms with van der Waals surface area (Å²) < 4.78 is 20.0. The smallest absolute Gasteiger partial charge is 0.167 e. The van der Waals surface area contributed by atoms with Gasteiger partial charge < -0.3 is 10.5 Å². The molecule has 0 bridgehead atoms. The van der Waals surface area contributed by atoms with Crippen LogP contribution in [0.15, 0.2) is 60.7 Å². The van der Waals surface area contributed by atoms with Gasteiger partial charge in [-0.1, -0.05) is 48.5 Å². The van der Waals surface area contributed by atoms with Gasteiger partial charge in [-0.05, 0) is 24.4 Å². The zero-order valence-electron chi connectivity index (χ0n) is 11.7. The van der Waals surface area contributed by atoms with Crippen LogP contribution in [0, 0.1) is 5.82 Å². The molecule has 0 saturated carbocycles. The summed E-state index contributed by atoms with van der Waals surface area (Å²) >= 11 is 0. The Morgan fingerprint density at radius 1 is 0.952 bits per heavy atom. The highest BCUT2D eigenvalue weighted by atomic mass is 19.1. The molecule has 3 aromatic carbocycles. The van der Waals surface area contributed by atoms with Gasteiger partial charge in [0, 0.05) is 17.0 Å². The topological polar surface area (TPSA) is 35.2 Å². The molecule has 3 heteroatoms. The van der Waals surface area contributed by atoms with Crippen molar-refractivity contribution in [1.29, 1.82) is 0 Å². The lowest BCUT2D eigenvalue weighted by Gasteiger charge is -2.15. The van der Waals surface area contributed by atoms with Gasteiger partial charge in [0.1, 0.15) is 5.75 Å². The first-order chi connectivity index (χ1) is 10.2. The van der Waals surface area contributed by atoms with Gasteiger partial charge in [-0.25, -0.2) is 4.39 Å². The second kappa shape index (κ2) is 5.54. The lowest BCUT2D eigenvalue weighted by atomic mass is 10.1. The van der Waals surface area contributed by atoms with E-state index in [4.69, 9.17) is 10.5 Å². The molecule has 0 unspecified atom stereocenters. The first-order valence-electron chi connectivity index (χ1n) is 6.86. The van der Waals surface area contributed by atoms with Crippen LogP contribution in [-0.4, -0.2) is 0 Å². The number of hydrogen-bond donors (Lipinski definition) is 1. The van der Waals surface area contributed by atoms with Gasteiger partial charge in [-0.3, -0.25) is 0 Å². The molecule has 1 atom stereocenters. The summed E-state index contributed by atoms with van der Waals surface area (Å²) in [6, 6.07) is 18.1. The van der Waals surface area contributed by atoms with Crippen LogP contribution in [0.4, 0.5) is 4.39 Å². The van der Waals surface area contributed by atoms with Gasteiger partial charge in [0.05, 0.1) is 0 Å². The number of nitrogens with two attached hydrogens (primary N) is 1. The van der Waals surface area contributed by atoms with Crippen LogP contribution in [0.2, 0.25) is 0 Å². The Balaban J connectivity index is 2.11. The standard InChI is InChI=1S/C18H16FNO/c1-12(20)14-9-5-10-16(19)18(14)21-17-11-4-7-13-6-2-3-8-15(13)17/h2-12H,20H2,1H3/t12-/m0/s1. The minimum Gasteiger partial charge on any atom is -0.453 e. The van der Waals surface area contributed by atoms with E-state index >= 15 is 0 Å². The van der Waals surface area contributed by atoms with Gasteiger partial charge in [0.2, 0.25) is 0 Å². The van der Waals surface area contributed by atoms with E-state index in [0.717, 1.165) is 10.8 Å². The van der Waals surface area contributed by atoms with E-state index < -0.39 is 5.82 Å².